The monoisotopic (exact) mass is 166 g/mol. The van der Waals surface area contributed by atoms with E-state index >= 15 is 0 Å². The number of rotatable bonds is 2. The molecule has 0 aliphatic carbocycles. The van der Waals surface area contributed by atoms with Crippen LogP contribution in [0.4, 0.5) is 0 Å². The van der Waals surface area contributed by atoms with E-state index in [9.17, 15) is 4.79 Å². The molecular formula is C8H10N2O2. The average Bonchev–Trinajstić information content (AvgIpc) is 2.05. The standard InChI is InChI=1S/C8H10N2O2/c1-6-4-3-5-9-7(6)8(11)10-12-2/h3-5H,1-2H3,(H,10,11). The van der Waals surface area contributed by atoms with Gasteiger partial charge in [0.2, 0.25) is 0 Å². The average molecular weight is 166 g/mol. The van der Waals surface area contributed by atoms with Gasteiger partial charge in [-0.1, -0.05) is 6.07 Å². The lowest BCUT2D eigenvalue weighted by Crippen LogP contribution is -2.23. The SMILES string of the molecule is CONC(=O)c1ncccc1C. The summed E-state index contributed by atoms with van der Waals surface area (Å²) in [5.41, 5.74) is 3.42. The predicted molar refractivity (Wildman–Crippen MR) is 43.4 cm³/mol. The maximum Gasteiger partial charge on any atom is 0.293 e. The van der Waals surface area contributed by atoms with Crippen LogP contribution in [0.5, 0.6) is 0 Å². The van der Waals surface area contributed by atoms with Crippen molar-refractivity contribution in [2.75, 3.05) is 7.11 Å². The van der Waals surface area contributed by atoms with Gasteiger partial charge < -0.3 is 0 Å². The van der Waals surface area contributed by atoms with Crippen molar-refractivity contribution in [3.63, 3.8) is 0 Å². The first kappa shape index (κ1) is 8.67. The number of nitrogens with one attached hydrogen (secondary N) is 1. The number of pyridine rings is 1. The van der Waals surface area contributed by atoms with Crippen LogP contribution in [0, 0.1) is 6.92 Å². The second-order valence-corrected chi connectivity index (χ2v) is 2.30. The summed E-state index contributed by atoms with van der Waals surface area (Å²) < 4.78 is 0. The van der Waals surface area contributed by atoms with Crippen molar-refractivity contribution in [2.45, 2.75) is 6.92 Å². The molecule has 0 saturated carbocycles. The Hall–Kier alpha value is -1.42. The largest absolute Gasteiger partial charge is 0.293 e. The number of carbonyl (C=O) groups is 1. The third-order valence-corrected chi connectivity index (χ3v) is 1.42. The zero-order chi connectivity index (χ0) is 8.97. The van der Waals surface area contributed by atoms with Crippen molar-refractivity contribution < 1.29 is 9.63 Å². The number of nitrogens with zero attached hydrogens (tertiary/aromatic N) is 1. The fraction of sp³-hybridized carbons (Fsp3) is 0.250. The van der Waals surface area contributed by atoms with E-state index in [1.807, 2.05) is 13.0 Å². The Morgan fingerprint density at radius 1 is 1.67 bits per heavy atom. The topological polar surface area (TPSA) is 51.2 Å². The van der Waals surface area contributed by atoms with Gasteiger partial charge in [0.05, 0.1) is 7.11 Å². The minimum Gasteiger partial charge on any atom is -0.277 e. The van der Waals surface area contributed by atoms with E-state index < -0.39 is 0 Å². The lowest BCUT2D eigenvalue weighted by Gasteiger charge is -2.02. The quantitative estimate of drug-likeness (QED) is 0.657. The van der Waals surface area contributed by atoms with E-state index in [4.69, 9.17) is 0 Å². The van der Waals surface area contributed by atoms with Crippen LogP contribution in [0.1, 0.15) is 16.1 Å². The summed E-state index contributed by atoms with van der Waals surface area (Å²) in [6.45, 7) is 1.82. The van der Waals surface area contributed by atoms with Gasteiger partial charge in [0, 0.05) is 6.20 Å². The summed E-state index contributed by atoms with van der Waals surface area (Å²) in [6, 6.07) is 3.59. The maximum absolute atomic E-state index is 11.2. The van der Waals surface area contributed by atoms with Gasteiger partial charge in [-0.05, 0) is 18.6 Å². The number of hydrogen-bond acceptors (Lipinski definition) is 3. The van der Waals surface area contributed by atoms with Gasteiger partial charge in [0.1, 0.15) is 5.69 Å². The van der Waals surface area contributed by atoms with E-state index in [1.165, 1.54) is 7.11 Å². The molecule has 1 N–H and O–H groups in total. The molecule has 1 aromatic rings. The number of amides is 1. The molecule has 0 fully saturated rings. The first-order valence-electron chi connectivity index (χ1n) is 3.50. The van der Waals surface area contributed by atoms with Crippen LogP contribution >= 0.6 is 0 Å². The molecule has 0 aromatic carbocycles. The smallest absolute Gasteiger partial charge is 0.277 e. The van der Waals surface area contributed by atoms with Gasteiger partial charge in [-0.25, -0.2) is 5.48 Å². The summed E-state index contributed by atoms with van der Waals surface area (Å²) in [7, 11) is 1.39. The van der Waals surface area contributed by atoms with Crippen molar-refractivity contribution in [3.8, 4) is 0 Å². The molecular weight excluding hydrogens is 156 g/mol. The minimum atomic E-state index is -0.324. The van der Waals surface area contributed by atoms with E-state index in [-0.39, 0.29) is 5.91 Å². The van der Waals surface area contributed by atoms with Crippen LogP contribution in [0.25, 0.3) is 0 Å². The van der Waals surface area contributed by atoms with Gasteiger partial charge in [0.25, 0.3) is 5.91 Å². The highest BCUT2D eigenvalue weighted by Crippen LogP contribution is 2.01. The van der Waals surface area contributed by atoms with Gasteiger partial charge in [-0.3, -0.25) is 14.6 Å². The molecule has 4 nitrogen and oxygen atoms in total. The lowest BCUT2D eigenvalue weighted by molar-refractivity contribution is 0.0531. The zero-order valence-electron chi connectivity index (χ0n) is 7.00. The van der Waals surface area contributed by atoms with Crippen molar-refractivity contribution in [1.82, 2.24) is 10.5 Å². The number of aryl methyl sites for hydroxylation is 1. The molecule has 1 aromatic heterocycles. The van der Waals surface area contributed by atoms with E-state index in [1.54, 1.807) is 12.3 Å². The first-order valence-corrected chi connectivity index (χ1v) is 3.50. The minimum absolute atomic E-state index is 0.324. The molecule has 0 spiro atoms. The molecule has 1 rings (SSSR count). The van der Waals surface area contributed by atoms with Gasteiger partial charge >= 0.3 is 0 Å². The molecule has 0 aliphatic rings. The maximum atomic E-state index is 11.2. The molecule has 4 heteroatoms. The molecule has 1 heterocycles. The number of carbonyl (C=O) groups excluding carboxylic acids is 1. The second kappa shape index (κ2) is 3.82. The Labute approximate surface area is 70.5 Å². The van der Waals surface area contributed by atoms with Crippen molar-refractivity contribution in [1.29, 1.82) is 0 Å². The fourth-order valence-corrected chi connectivity index (χ4v) is 0.864. The molecule has 12 heavy (non-hydrogen) atoms. The van der Waals surface area contributed by atoms with Crippen LogP contribution in [0.2, 0.25) is 0 Å². The lowest BCUT2D eigenvalue weighted by atomic mass is 10.2. The first-order chi connectivity index (χ1) is 5.75. The third-order valence-electron chi connectivity index (χ3n) is 1.42. The molecule has 0 unspecified atom stereocenters. The summed E-state index contributed by atoms with van der Waals surface area (Å²) in [5.74, 6) is -0.324. The van der Waals surface area contributed by atoms with Crippen LogP contribution in [-0.4, -0.2) is 18.0 Å². The molecule has 0 saturated heterocycles. The zero-order valence-corrected chi connectivity index (χ0v) is 7.00. The van der Waals surface area contributed by atoms with Crippen LogP contribution in [0.3, 0.4) is 0 Å². The van der Waals surface area contributed by atoms with Crippen LogP contribution in [-0.2, 0) is 4.84 Å². The summed E-state index contributed by atoms with van der Waals surface area (Å²) >= 11 is 0. The summed E-state index contributed by atoms with van der Waals surface area (Å²) in [6.07, 6.45) is 1.57. The van der Waals surface area contributed by atoms with Crippen molar-refractivity contribution >= 4 is 5.91 Å². The predicted octanol–water partition coefficient (Wildman–Crippen LogP) is 0.681. The van der Waals surface area contributed by atoms with Crippen molar-refractivity contribution in [3.05, 3.63) is 29.6 Å². The Morgan fingerprint density at radius 2 is 2.42 bits per heavy atom. The highest BCUT2D eigenvalue weighted by molar-refractivity contribution is 5.92. The number of hydrogen-bond donors (Lipinski definition) is 1. The van der Waals surface area contributed by atoms with E-state index in [2.05, 4.69) is 15.3 Å². The Kier molecular flexibility index (Phi) is 2.76. The Balaban J connectivity index is 2.87. The molecule has 64 valence electrons. The number of hydroxylamine groups is 1. The molecule has 0 aliphatic heterocycles. The number of aromatic nitrogens is 1. The van der Waals surface area contributed by atoms with Gasteiger partial charge in [-0.2, -0.15) is 0 Å². The molecule has 0 bridgehead atoms. The van der Waals surface area contributed by atoms with Gasteiger partial charge in [-0.15, -0.1) is 0 Å². The Morgan fingerprint density at radius 3 is 3.00 bits per heavy atom. The second-order valence-electron chi connectivity index (χ2n) is 2.30. The fourth-order valence-electron chi connectivity index (χ4n) is 0.864. The highest BCUT2D eigenvalue weighted by atomic mass is 16.6. The Bertz CT molecular complexity index is 286. The van der Waals surface area contributed by atoms with Crippen molar-refractivity contribution in [2.24, 2.45) is 0 Å². The molecule has 1 amide bonds. The summed E-state index contributed by atoms with van der Waals surface area (Å²) in [4.78, 5) is 19.5. The van der Waals surface area contributed by atoms with E-state index in [0.29, 0.717) is 5.69 Å². The highest BCUT2D eigenvalue weighted by Gasteiger charge is 2.07. The van der Waals surface area contributed by atoms with Crippen LogP contribution < -0.4 is 5.48 Å². The summed E-state index contributed by atoms with van der Waals surface area (Å²) in [5, 5.41) is 0. The van der Waals surface area contributed by atoms with Gasteiger partial charge in [0.15, 0.2) is 0 Å². The molecule has 0 atom stereocenters. The van der Waals surface area contributed by atoms with Crippen LogP contribution in [0.15, 0.2) is 18.3 Å². The van der Waals surface area contributed by atoms with E-state index in [0.717, 1.165) is 5.56 Å². The normalized spacial score (nSPS) is 9.50. The molecule has 0 radical (unpaired) electrons. The third kappa shape index (κ3) is 1.79.